The lowest BCUT2D eigenvalue weighted by Crippen LogP contribution is -2.49. The number of alkyl halides is 3. The van der Waals surface area contributed by atoms with E-state index in [0.29, 0.717) is 26.2 Å². The Morgan fingerprint density at radius 2 is 1.79 bits per heavy atom. The first-order valence-corrected chi connectivity index (χ1v) is 8.91. The van der Waals surface area contributed by atoms with Gasteiger partial charge in [-0.3, -0.25) is 4.79 Å². The van der Waals surface area contributed by atoms with Crippen LogP contribution in [-0.2, 0) is 10.9 Å². The topological polar surface area (TPSA) is 75.6 Å². The van der Waals surface area contributed by atoms with Crippen LogP contribution in [-0.4, -0.2) is 60.0 Å². The largest absolute Gasteiger partial charge is 0.464 e. The molecular weight excluding hydrogens is 413 g/mol. The van der Waals surface area contributed by atoms with Crippen LogP contribution in [0.4, 0.5) is 19.0 Å². The number of pyridine rings is 2. The number of esters is 1. The van der Waals surface area contributed by atoms with Gasteiger partial charge in [-0.25, -0.2) is 14.8 Å². The Kier molecular flexibility index (Phi) is 5.92. The molecule has 0 aromatic carbocycles. The summed E-state index contributed by atoms with van der Waals surface area (Å²) in [6, 6.07) is 5.31. The SMILES string of the molecule is COC(=O)c1cccc(C(=O)N2CCN(c3ncc(C(F)(F)F)cc3Cl)CC2)n1. The lowest BCUT2D eigenvalue weighted by atomic mass is 10.2. The van der Waals surface area contributed by atoms with E-state index in [0.717, 1.165) is 12.3 Å². The molecule has 1 aliphatic rings. The second-order valence-corrected chi connectivity index (χ2v) is 6.61. The normalized spacial score (nSPS) is 14.7. The second kappa shape index (κ2) is 8.24. The molecule has 0 unspecified atom stereocenters. The molecule has 3 heterocycles. The van der Waals surface area contributed by atoms with Crippen molar-refractivity contribution >= 4 is 29.3 Å². The number of anilines is 1. The number of methoxy groups -OCH3 is 1. The quantitative estimate of drug-likeness (QED) is 0.700. The van der Waals surface area contributed by atoms with Crippen molar-refractivity contribution in [2.45, 2.75) is 6.18 Å². The molecular formula is C18H16ClF3N4O3. The van der Waals surface area contributed by atoms with Gasteiger partial charge in [-0.2, -0.15) is 13.2 Å². The molecule has 0 bridgehead atoms. The first-order chi connectivity index (χ1) is 13.7. The number of ether oxygens (including phenoxy) is 1. The zero-order chi connectivity index (χ0) is 21.2. The molecule has 3 rings (SSSR count). The zero-order valence-electron chi connectivity index (χ0n) is 15.2. The summed E-state index contributed by atoms with van der Waals surface area (Å²) in [7, 11) is 1.22. The van der Waals surface area contributed by atoms with Gasteiger partial charge in [0.15, 0.2) is 0 Å². The van der Waals surface area contributed by atoms with Crippen molar-refractivity contribution in [3.63, 3.8) is 0 Å². The molecule has 2 aromatic heterocycles. The summed E-state index contributed by atoms with van der Waals surface area (Å²) in [5, 5.41) is -0.105. The molecule has 1 saturated heterocycles. The maximum Gasteiger partial charge on any atom is 0.417 e. The van der Waals surface area contributed by atoms with E-state index < -0.39 is 17.7 Å². The van der Waals surface area contributed by atoms with E-state index in [1.165, 1.54) is 30.2 Å². The molecule has 1 aliphatic heterocycles. The van der Waals surface area contributed by atoms with Crippen LogP contribution >= 0.6 is 11.6 Å². The predicted molar refractivity (Wildman–Crippen MR) is 97.9 cm³/mol. The third-order valence-electron chi connectivity index (χ3n) is 4.38. The highest BCUT2D eigenvalue weighted by atomic mass is 35.5. The Morgan fingerprint density at radius 3 is 2.38 bits per heavy atom. The van der Waals surface area contributed by atoms with Crippen LogP contribution in [0.5, 0.6) is 0 Å². The van der Waals surface area contributed by atoms with Crippen LogP contribution in [0.3, 0.4) is 0 Å². The summed E-state index contributed by atoms with van der Waals surface area (Å²) >= 11 is 5.99. The lowest BCUT2D eigenvalue weighted by molar-refractivity contribution is -0.137. The summed E-state index contributed by atoms with van der Waals surface area (Å²) in [6.45, 7) is 1.25. The summed E-state index contributed by atoms with van der Waals surface area (Å²) in [4.78, 5) is 35.3. The van der Waals surface area contributed by atoms with Gasteiger partial charge in [-0.05, 0) is 18.2 Å². The van der Waals surface area contributed by atoms with Crippen LogP contribution in [0.1, 0.15) is 26.5 Å². The highest BCUT2D eigenvalue weighted by Gasteiger charge is 2.32. The van der Waals surface area contributed by atoms with E-state index in [1.807, 2.05) is 0 Å². The summed E-state index contributed by atoms with van der Waals surface area (Å²) < 4.78 is 42.9. The third kappa shape index (κ3) is 4.58. The number of carbonyl (C=O) groups is 2. The molecule has 154 valence electrons. The molecule has 0 N–H and O–H groups in total. The Hall–Kier alpha value is -2.88. The monoisotopic (exact) mass is 428 g/mol. The number of hydrogen-bond donors (Lipinski definition) is 0. The molecule has 1 fully saturated rings. The minimum Gasteiger partial charge on any atom is -0.464 e. The fourth-order valence-electron chi connectivity index (χ4n) is 2.87. The van der Waals surface area contributed by atoms with Crippen molar-refractivity contribution in [1.82, 2.24) is 14.9 Å². The molecule has 7 nitrogen and oxygen atoms in total. The number of hydrogen-bond acceptors (Lipinski definition) is 6. The molecule has 0 spiro atoms. The van der Waals surface area contributed by atoms with Crippen molar-refractivity contribution < 1.29 is 27.5 Å². The van der Waals surface area contributed by atoms with Gasteiger partial charge in [0.05, 0.1) is 17.7 Å². The lowest BCUT2D eigenvalue weighted by Gasteiger charge is -2.35. The number of halogens is 4. The van der Waals surface area contributed by atoms with E-state index >= 15 is 0 Å². The third-order valence-corrected chi connectivity index (χ3v) is 4.66. The Bertz CT molecular complexity index is 931. The van der Waals surface area contributed by atoms with Crippen LogP contribution in [0, 0.1) is 0 Å². The molecule has 0 radical (unpaired) electrons. The molecule has 0 saturated carbocycles. The Labute approximate surface area is 169 Å². The molecule has 0 aliphatic carbocycles. The van der Waals surface area contributed by atoms with E-state index in [-0.39, 0.29) is 28.1 Å². The number of nitrogens with zero attached hydrogens (tertiary/aromatic N) is 4. The van der Waals surface area contributed by atoms with E-state index in [2.05, 4.69) is 14.7 Å². The standard InChI is InChI=1S/C18H16ClF3N4O3/c1-29-17(28)14-4-2-3-13(24-14)16(27)26-7-5-25(6-8-26)15-12(19)9-11(10-23-15)18(20,21)22/h2-4,9-10H,5-8H2,1H3. The van der Waals surface area contributed by atoms with Crippen LogP contribution in [0.15, 0.2) is 30.5 Å². The molecule has 11 heteroatoms. The predicted octanol–water partition coefficient (Wildman–Crippen LogP) is 2.90. The van der Waals surface area contributed by atoms with Crippen molar-refractivity contribution in [3.05, 3.63) is 52.4 Å². The second-order valence-electron chi connectivity index (χ2n) is 6.21. The smallest absolute Gasteiger partial charge is 0.417 e. The Balaban J connectivity index is 1.68. The average molecular weight is 429 g/mol. The van der Waals surface area contributed by atoms with Gasteiger partial charge in [0.25, 0.3) is 5.91 Å². The zero-order valence-corrected chi connectivity index (χ0v) is 16.0. The maximum absolute atomic E-state index is 12.8. The molecule has 1 amide bonds. The Morgan fingerprint density at radius 1 is 1.14 bits per heavy atom. The average Bonchev–Trinajstić information content (AvgIpc) is 2.72. The summed E-state index contributed by atoms with van der Waals surface area (Å²) in [6.07, 6.45) is -3.78. The fourth-order valence-corrected chi connectivity index (χ4v) is 3.16. The van der Waals surface area contributed by atoms with Crippen molar-refractivity contribution in [2.24, 2.45) is 0 Å². The van der Waals surface area contributed by atoms with Gasteiger partial charge in [-0.15, -0.1) is 0 Å². The number of carbonyl (C=O) groups excluding carboxylic acids is 2. The maximum atomic E-state index is 12.8. The van der Waals surface area contributed by atoms with E-state index in [4.69, 9.17) is 11.6 Å². The van der Waals surface area contributed by atoms with E-state index in [1.54, 1.807) is 4.90 Å². The minimum absolute atomic E-state index is 0.0257. The first-order valence-electron chi connectivity index (χ1n) is 8.53. The van der Waals surface area contributed by atoms with E-state index in [9.17, 15) is 22.8 Å². The van der Waals surface area contributed by atoms with Crippen molar-refractivity contribution in [1.29, 1.82) is 0 Å². The van der Waals surface area contributed by atoms with Gasteiger partial charge in [-0.1, -0.05) is 17.7 Å². The van der Waals surface area contributed by atoms with Crippen LogP contribution in [0.25, 0.3) is 0 Å². The highest BCUT2D eigenvalue weighted by molar-refractivity contribution is 6.33. The number of aromatic nitrogens is 2. The van der Waals surface area contributed by atoms with Gasteiger partial charge in [0, 0.05) is 32.4 Å². The molecule has 0 atom stereocenters. The van der Waals surface area contributed by atoms with Crippen molar-refractivity contribution in [2.75, 3.05) is 38.2 Å². The van der Waals surface area contributed by atoms with Crippen LogP contribution < -0.4 is 4.90 Å². The summed E-state index contributed by atoms with van der Waals surface area (Å²) in [5.41, 5.74) is -0.790. The number of amides is 1. The van der Waals surface area contributed by atoms with Crippen LogP contribution in [0.2, 0.25) is 5.02 Å². The fraction of sp³-hybridized carbons (Fsp3) is 0.333. The number of piperazine rings is 1. The van der Waals surface area contributed by atoms with Crippen molar-refractivity contribution in [3.8, 4) is 0 Å². The molecule has 2 aromatic rings. The summed E-state index contributed by atoms with van der Waals surface area (Å²) in [5.74, 6) is -0.771. The molecule has 29 heavy (non-hydrogen) atoms. The number of rotatable bonds is 3. The van der Waals surface area contributed by atoms with Gasteiger partial charge >= 0.3 is 12.1 Å². The highest BCUT2D eigenvalue weighted by Crippen LogP contribution is 2.33. The first kappa shape index (κ1) is 20.8. The van der Waals surface area contributed by atoms with Gasteiger partial charge in [0.2, 0.25) is 0 Å². The minimum atomic E-state index is -4.52. The van der Waals surface area contributed by atoms with Gasteiger partial charge < -0.3 is 14.5 Å². The van der Waals surface area contributed by atoms with Gasteiger partial charge in [0.1, 0.15) is 17.2 Å².